The third-order valence-electron chi connectivity index (χ3n) is 2.66. The van der Waals surface area contributed by atoms with E-state index < -0.39 is 0 Å². The molecule has 0 aromatic carbocycles. The van der Waals surface area contributed by atoms with Gasteiger partial charge in [-0.05, 0) is 26.2 Å². The van der Waals surface area contributed by atoms with Crippen molar-refractivity contribution in [3.63, 3.8) is 0 Å². The quantitative estimate of drug-likeness (QED) is 0.674. The van der Waals surface area contributed by atoms with Crippen molar-refractivity contribution in [3.05, 3.63) is 0 Å². The number of nitrogens with one attached hydrogen (secondary N) is 1. The Hall–Kier alpha value is -0.610. The fourth-order valence-electron chi connectivity index (χ4n) is 1.41. The molecule has 0 amide bonds. The molecule has 1 fully saturated rings. The van der Waals surface area contributed by atoms with Gasteiger partial charge in [0.2, 0.25) is 0 Å². The van der Waals surface area contributed by atoms with Crippen molar-refractivity contribution in [1.29, 1.82) is 0 Å². The Labute approximate surface area is 91.3 Å². The van der Waals surface area contributed by atoms with Crippen LogP contribution in [0.3, 0.4) is 0 Å². The van der Waals surface area contributed by atoms with Crippen LogP contribution in [0.2, 0.25) is 0 Å². The van der Waals surface area contributed by atoms with E-state index in [9.17, 15) is 4.79 Å². The molecule has 88 valence electrons. The lowest BCUT2D eigenvalue weighted by atomic mass is 10.2. The number of hydrogen-bond acceptors (Lipinski definition) is 4. The molecule has 0 aliphatic carbocycles. The van der Waals surface area contributed by atoms with Gasteiger partial charge in [0.25, 0.3) is 0 Å². The van der Waals surface area contributed by atoms with Gasteiger partial charge in [0.1, 0.15) is 6.61 Å². The second kappa shape index (κ2) is 6.80. The summed E-state index contributed by atoms with van der Waals surface area (Å²) in [4.78, 5) is 11.3. The first-order chi connectivity index (χ1) is 7.22. The summed E-state index contributed by atoms with van der Waals surface area (Å²) in [6, 6.07) is 0.361. The highest BCUT2D eigenvalue weighted by atomic mass is 16.6. The summed E-state index contributed by atoms with van der Waals surface area (Å²) in [5.41, 5.74) is 0. The van der Waals surface area contributed by atoms with Crippen LogP contribution in [0.25, 0.3) is 0 Å². The van der Waals surface area contributed by atoms with Crippen LogP contribution in [0.4, 0.5) is 0 Å². The molecule has 1 N–H and O–H groups in total. The van der Waals surface area contributed by atoms with E-state index in [1.54, 1.807) is 0 Å². The van der Waals surface area contributed by atoms with Crippen molar-refractivity contribution in [2.45, 2.75) is 45.3 Å². The van der Waals surface area contributed by atoms with Gasteiger partial charge < -0.3 is 14.8 Å². The zero-order valence-electron chi connectivity index (χ0n) is 9.62. The average molecular weight is 215 g/mol. The van der Waals surface area contributed by atoms with Gasteiger partial charge in [-0.2, -0.15) is 0 Å². The fourth-order valence-corrected chi connectivity index (χ4v) is 1.41. The molecule has 0 aromatic heterocycles. The average Bonchev–Trinajstić information content (AvgIpc) is 2.75. The molecule has 1 aliphatic heterocycles. The summed E-state index contributed by atoms with van der Waals surface area (Å²) in [5, 5.41) is 3.09. The Kier molecular flexibility index (Phi) is 5.65. The SMILES string of the molecule is CCC(C)NCC(=O)OCC1CCCO1. The lowest BCUT2D eigenvalue weighted by Crippen LogP contribution is -2.33. The van der Waals surface area contributed by atoms with Crippen molar-refractivity contribution in [3.8, 4) is 0 Å². The molecule has 0 aromatic rings. The first-order valence-electron chi connectivity index (χ1n) is 5.73. The normalized spacial score (nSPS) is 22.7. The monoisotopic (exact) mass is 215 g/mol. The van der Waals surface area contributed by atoms with Gasteiger partial charge in [-0.25, -0.2) is 0 Å². The molecule has 1 aliphatic rings. The van der Waals surface area contributed by atoms with Crippen LogP contribution in [0.15, 0.2) is 0 Å². The highest BCUT2D eigenvalue weighted by Gasteiger charge is 2.17. The van der Waals surface area contributed by atoms with Crippen LogP contribution in [0.1, 0.15) is 33.1 Å². The van der Waals surface area contributed by atoms with Crippen LogP contribution in [-0.2, 0) is 14.3 Å². The molecular formula is C11H21NO3. The Morgan fingerprint density at radius 1 is 1.67 bits per heavy atom. The minimum atomic E-state index is -0.189. The standard InChI is InChI=1S/C11H21NO3/c1-3-9(2)12-7-11(13)15-8-10-5-4-6-14-10/h9-10,12H,3-8H2,1-2H3. The van der Waals surface area contributed by atoms with Crippen LogP contribution in [0, 0.1) is 0 Å². The van der Waals surface area contributed by atoms with Crippen LogP contribution >= 0.6 is 0 Å². The van der Waals surface area contributed by atoms with Gasteiger partial charge in [0.05, 0.1) is 12.6 Å². The largest absolute Gasteiger partial charge is 0.462 e. The third kappa shape index (κ3) is 5.14. The van der Waals surface area contributed by atoms with Crippen LogP contribution < -0.4 is 5.32 Å². The van der Waals surface area contributed by atoms with Crippen molar-refractivity contribution in [2.24, 2.45) is 0 Å². The van der Waals surface area contributed by atoms with Gasteiger partial charge in [-0.1, -0.05) is 6.92 Å². The van der Waals surface area contributed by atoms with Gasteiger partial charge in [-0.3, -0.25) is 4.79 Å². The highest BCUT2D eigenvalue weighted by Crippen LogP contribution is 2.11. The molecule has 1 rings (SSSR count). The molecule has 2 atom stereocenters. The van der Waals surface area contributed by atoms with Crippen molar-refractivity contribution in [1.82, 2.24) is 5.32 Å². The second-order valence-corrected chi connectivity index (χ2v) is 4.01. The van der Waals surface area contributed by atoms with Crippen LogP contribution in [0.5, 0.6) is 0 Å². The van der Waals surface area contributed by atoms with E-state index in [1.165, 1.54) is 0 Å². The number of esters is 1. The van der Waals surface area contributed by atoms with Crippen molar-refractivity contribution >= 4 is 5.97 Å². The molecule has 4 nitrogen and oxygen atoms in total. The summed E-state index contributed by atoms with van der Waals surface area (Å²) < 4.78 is 10.4. The van der Waals surface area contributed by atoms with Gasteiger partial charge in [-0.15, -0.1) is 0 Å². The predicted molar refractivity (Wildman–Crippen MR) is 57.7 cm³/mol. The molecule has 0 bridgehead atoms. The predicted octanol–water partition coefficient (Wildman–Crippen LogP) is 1.10. The Morgan fingerprint density at radius 3 is 3.07 bits per heavy atom. The van der Waals surface area contributed by atoms with E-state index in [2.05, 4.69) is 12.2 Å². The zero-order chi connectivity index (χ0) is 11.1. The number of ether oxygens (including phenoxy) is 2. The molecular weight excluding hydrogens is 194 g/mol. The summed E-state index contributed by atoms with van der Waals surface area (Å²) in [6.45, 7) is 5.62. The van der Waals surface area contributed by atoms with E-state index in [0.29, 0.717) is 19.2 Å². The van der Waals surface area contributed by atoms with Crippen LogP contribution in [-0.4, -0.2) is 37.9 Å². The molecule has 0 radical (unpaired) electrons. The van der Waals surface area contributed by atoms with E-state index >= 15 is 0 Å². The topological polar surface area (TPSA) is 47.6 Å². The number of carbonyl (C=O) groups excluding carboxylic acids is 1. The maximum atomic E-state index is 11.3. The van der Waals surface area contributed by atoms with E-state index in [0.717, 1.165) is 25.9 Å². The molecule has 0 saturated carbocycles. The van der Waals surface area contributed by atoms with Gasteiger partial charge in [0, 0.05) is 12.6 Å². The van der Waals surface area contributed by atoms with Crippen molar-refractivity contribution in [2.75, 3.05) is 19.8 Å². The number of hydrogen-bond donors (Lipinski definition) is 1. The molecule has 0 spiro atoms. The Morgan fingerprint density at radius 2 is 2.47 bits per heavy atom. The summed E-state index contributed by atoms with van der Waals surface area (Å²) in [5.74, 6) is -0.189. The van der Waals surface area contributed by atoms with Gasteiger partial charge in [0.15, 0.2) is 0 Å². The smallest absolute Gasteiger partial charge is 0.320 e. The molecule has 1 saturated heterocycles. The fraction of sp³-hybridized carbons (Fsp3) is 0.909. The first-order valence-corrected chi connectivity index (χ1v) is 5.73. The van der Waals surface area contributed by atoms with Gasteiger partial charge >= 0.3 is 5.97 Å². The second-order valence-electron chi connectivity index (χ2n) is 4.01. The lowest BCUT2D eigenvalue weighted by molar-refractivity contribution is -0.145. The summed E-state index contributed by atoms with van der Waals surface area (Å²) >= 11 is 0. The minimum absolute atomic E-state index is 0.123. The van der Waals surface area contributed by atoms with E-state index in [4.69, 9.17) is 9.47 Å². The maximum Gasteiger partial charge on any atom is 0.320 e. The first kappa shape index (κ1) is 12.5. The zero-order valence-corrected chi connectivity index (χ0v) is 9.62. The Bertz CT molecular complexity index is 190. The summed E-state index contributed by atoms with van der Waals surface area (Å²) in [7, 11) is 0. The van der Waals surface area contributed by atoms with E-state index in [1.807, 2.05) is 6.92 Å². The maximum absolute atomic E-state index is 11.3. The Balaban J connectivity index is 2.02. The number of carbonyl (C=O) groups is 1. The minimum Gasteiger partial charge on any atom is -0.462 e. The molecule has 2 unspecified atom stereocenters. The van der Waals surface area contributed by atoms with E-state index in [-0.39, 0.29) is 12.1 Å². The lowest BCUT2D eigenvalue weighted by Gasteiger charge is -2.12. The highest BCUT2D eigenvalue weighted by molar-refractivity contribution is 5.71. The summed E-state index contributed by atoms with van der Waals surface area (Å²) in [6.07, 6.45) is 3.22. The molecule has 15 heavy (non-hydrogen) atoms. The van der Waals surface area contributed by atoms with Crippen molar-refractivity contribution < 1.29 is 14.3 Å². The molecule has 4 heteroatoms. The molecule has 1 heterocycles. The third-order valence-corrected chi connectivity index (χ3v) is 2.66. The number of rotatable bonds is 6.